The molecule has 1 heterocycles. The van der Waals surface area contributed by atoms with E-state index in [1.807, 2.05) is 89.0 Å². The van der Waals surface area contributed by atoms with E-state index in [0.29, 0.717) is 50.0 Å². The minimum absolute atomic E-state index is 0.561. The van der Waals surface area contributed by atoms with Crippen LogP contribution in [0.25, 0.3) is 18.2 Å². The first-order valence-corrected chi connectivity index (χ1v) is 16.1. The molecule has 0 fully saturated rings. The summed E-state index contributed by atoms with van der Waals surface area (Å²) < 4.78 is 32.3. The summed E-state index contributed by atoms with van der Waals surface area (Å²) >= 11 is 4.18. The molecule has 0 N–H and O–H groups in total. The minimum Gasteiger partial charge on any atom is -0.493 e. The SMILES string of the molecule is COc1ccc(C=CSc2nc(SC=Cc3ccc(OC)c(OC)c3)nc(SC=Cc3ccc(OC)c(OC)c3)n2)cc1OC. The van der Waals surface area contributed by atoms with Gasteiger partial charge in [0.2, 0.25) is 0 Å². The first kappa shape index (κ1) is 33.6. The average molecular weight is 664 g/mol. The molecule has 0 atom stereocenters. The summed E-state index contributed by atoms with van der Waals surface area (Å²) in [6.07, 6.45) is 5.89. The van der Waals surface area contributed by atoms with Crippen molar-refractivity contribution in [1.82, 2.24) is 15.0 Å². The first-order chi connectivity index (χ1) is 22.0. The van der Waals surface area contributed by atoms with Gasteiger partial charge in [-0.05, 0) is 87.5 Å². The zero-order valence-corrected chi connectivity index (χ0v) is 28.1. The number of benzene rings is 3. The first-order valence-electron chi connectivity index (χ1n) is 13.4. The molecule has 4 rings (SSSR count). The largest absolute Gasteiger partial charge is 0.493 e. The second-order valence-corrected chi connectivity index (χ2v) is 11.4. The van der Waals surface area contributed by atoms with Crippen LogP contribution in [0.2, 0.25) is 0 Å². The van der Waals surface area contributed by atoms with Crippen LogP contribution in [0.3, 0.4) is 0 Å². The molecule has 12 heteroatoms. The monoisotopic (exact) mass is 663 g/mol. The molecule has 0 aliphatic heterocycles. The molecule has 0 radical (unpaired) electrons. The maximum Gasteiger partial charge on any atom is 0.196 e. The van der Waals surface area contributed by atoms with Gasteiger partial charge < -0.3 is 28.4 Å². The van der Waals surface area contributed by atoms with Crippen molar-refractivity contribution in [3.05, 3.63) is 87.5 Å². The molecule has 0 unspecified atom stereocenters. The lowest BCUT2D eigenvalue weighted by atomic mass is 10.2. The van der Waals surface area contributed by atoms with E-state index < -0.39 is 0 Å². The van der Waals surface area contributed by atoms with E-state index in [2.05, 4.69) is 15.0 Å². The van der Waals surface area contributed by atoms with E-state index in [-0.39, 0.29) is 0 Å². The number of nitrogens with zero attached hydrogens (tertiary/aromatic N) is 3. The molecule has 234 valence electrons. The van der Waals surface area contributed by atoms with Gasteiger partial charge >= 0.3 is 0 Å². The average Bonchev–Trinajstić information content (AvgIpc) is 3.07. The van der Waals surface area contributed by atoms with Crippen molar-refractivity contribution in [2.75, 3.05) is 42.7 Å². The van der Waals surface area contributed by atoms with Gasteiger partial charge in [-0.1, -0.05) is 53.5 Å². The number of thioether (sulfide) groups is 3. The lowest BCUT2D eigenvalue weighted by molar-refractivity contribution is 0.355. The van der Waals surface area contributed by atoms with Gasteiger partial charge in [-0.15, -0.1) is 0 Å². The fourth-order valence-electron chi connectivity index (χ4n) is 3.87. The van der Waals surface area contributed by atoms with Crippen LogP contribution < -0.4 is 28.4 Å². The second kappa shape index (κ2) is 17.3. The maximum absolute atomic E-state index is 5.42. The van der Waals surface area contributed by atoms with Gasteiger partial charge in [-0.2, -0.15) is 15.0 Å². The zero-order chi connectivity index (χ0) is 32.0. The number of aromatic nitrogens is 3. The predicted octanol–water partition coefficient (Wildman–Crippen LogP) is 8.21. The van der Waals surface area contributed by atoms with Crippen molar-refractivity contribution in [3.8, 4) is 34.5 Å². The molecule has 0 spiro atoms. The Morgan fingerprint density at radius 3 is 0.911 bits per heavy atom. The molecule has 3 aromatic carbocycles. The van der Waals surface area contributed by atoms with Crippen LogP contribution in [-0.4, -0.2) is 57.6 Å². The fraction of sp³-hybridized carbons (Fsp3) is 0.182. The van der Waals surface area contributed by atoms with Crippen LogP contribution in [-0.2, 0) is 0 Å². The van der Waals surface area contributed by atoms with Crippen LogP contribution in [0.15, 0.2) is 86.3 Å². The summed E-state index contributed by atoms with van der Waals surface area (Å²) in [7, 11) is 9.68. The van der Waals surface area contributed by atoms with Crippen LogP contribution in [0.5, 0.6) is 34.5 Å². The van der Waals surface area contributed by atoms with E-state index in [0.717, 1.165) is 16.7 Å². The van der Waals surface area contributed by atoms with Gasteiger partial charge in [0.1, 0.15) is 0 Å². The van der Waals surface area contributed by atoms with Crippen LogP contribution in [0, 0.1) is 0 Å². The number of rotatable bonds is 15. The summed E-state index contributed by atoms with van der Waals surface area (Å²) in [5.41, 5.74) is 2.86. The van der Waals surface area contributed by atoms with Crippen molar-refractivity contribution in [1.29, 1.82) is 0 Å². The Labute approximate surface area is 276 Å². The number of hydrogen-bond donors (Lipinski definition) is 0. The molecular weight excluding hydrogens is 631 g/mol. The molecule has 0 aliphatic rings. The number of methoxy groups -OCH3 is 6. The number of ether oxygens (including phenoxy) is 6. The van der Waals surface area contributed by atoms with E-state index in [1.54, 1.807) is 42.7 Å². The molecule has 45 heavy (non-hydrogen) atoms. The fourth-order valence-corrected chi connectivity index (χ4v) is 5.92. The number of hydrogen-bond acceptors (Lipinski definition) is 12. The Morgan fingerprint density at radius 2 is 0.667 bits per heavy atom. The maximum atomic E-state index is 5.42. The smallest absolute Gasteiger partial charge is 0.196 e. The lowest BCUT2D eigenvalue weighted by Crippen LogP contribution is -1.95. The third kappa shape index (κ3) is 9.61. The van der Waals surface area contributed by atoms with Crippen molar-refractivity contribution in [2.24, 2.45) is 0 Å². The third-order valence-electron chi connectivity index (χ3n) is 6.10. The Morgan fingerprint density at radius 1 is 0.400 bits per heavy atom. The molecule has 0 saturated heterocycles. The Hall–Kier alpha value is -4.26. The van der Waals surface area contributed by atoms with E-state index in [4.69, 9.17) is 28.4 Å². The van der Waals surface area contributed by atoms with E-state index in [9.17, 15) is 0 Å². The van der Waals surface area contributed by atoms with Crippen molar-refractivity contribution in [2.45, 2.75) is 15.5 Å². The molecule has 0 bridgehead atoms. The molecule has 0 saturated carbocycles. The molecule has 0 amide bonds. The van der Waals surface area contributed by atoms with Gasteiger partial charge in [0.05, 0.1) is 42.7 Å². The van der Waals surface area contributed by atoms with Gasteiger partial charge in [-0.25, -0.2) is 0 Å². The van der Waals surface area contributed by atoms with Crippen LogP contribution >= 0.6 is 35.3 Å². The molecule has 4 aromatic rings. The van der Waals surface area contributed by atoms with Gasteiger partial charge in [0, 0.05) is 0 Å². The van der Waals surface area contributed by atoms with Crippen molar-refractivity contribution < 1.29 is 28.4 Å². The van der Waals surface area contributed by atoms with E-state index >= 15 is 0 Å². The highest BCUT2D eigenvalue weighted by Gasteiger charge is 2.09. The summed E-state index contributed by atoms with van der Waals surface area (Å²) in [5, 5.41) is 7.47. The Balaban J connectivity index is 1.54. The summed E-state index contributed by atoms with van der Waals surface area (Å²) in [6, 6.07) is 17.2. The molecule has 0 aliphatic carbocycles. The normalized spacial score (nSPS) is 11.3. The Bertz CT molecular complexity index is 1470. The van der Waals surface area contributed by atoms with Crippen LogP contribution in [0.1, 0.15) is 16.7 Å². The topological polar surface area (TPSA) is 94.1 Å². The van der Waals surface area contributed by atoms with E-state index in [1.165, 1.54) is 35.3 Å². The highest BCUT2D eigenvalue weighted by Crippen LogP contribution is 2.32. The quantitative estimate of drug-likeness (QED) is 0.115. The predicted molar refractivity (Wildman–Crippen MR) is 183 cm³/mol. The molecule has 9 nitrogen and oxygen atoms in total. The van der Waals surface area contributed by atoms with Gasteiger partial charge in [-0.3, -0.25) is 0 Å². The second-order valence-electron chi connectivity index (χ2n) is 8.79. The lowest BCUT2D eigenvalue weighted by Gasteiger charge is -2.08. The summed E-state index contributed by atoms with van der Waals surface area (Å²) in [4.78, 5) is 14.0. The molecule has 1 aromatic heterocycles. The highest BCUT2D eigenvalue weighted by atomic mass is 32.2. The highest BCUT2D eigenvalue weighted by molar-refractivity contribution is 8.03. The minimum atomic E-state index is 0.561. The standard InChI is InChI=1S/C33H33N3O6S3/c1-37-25-10-7-22(19-28(25)40-4)13-16-43-31-34-32(44-17-14-23-8-11-26(38-2)29(20-23)41-5)36-33(35-31)45-18-15-24-9-12-27(39-3)30(21-24)42-6/h7-21H,1-6H3. The van der Waals surface area contributed by atoms with Crippen LogP contribution in [0.4, 0.5) is 0 Å². The van der Waals surface area contributed by atoms with Gasteiger partial charge in [0.25, 0.3) is 0 Å². The Kier molecular flexibility index (Phi) is 12.9. The van der Waals surface area contributed by atoms with Crippen molar-refractivity contribution in [3.63, 3.8) is 0 Å². The third-order valence-corrected chi connectivity index (χ3v) is 8.10. The summed E-state index contributed by atoms with van der Waals surface area (Å²) in [6.45, 7) is 0. The molecular formula is C33H33N3O6S3. The van der Waals surface area contributed by atoms with Gasteiger partial charge in [0.15, 0.2) is 50.0 Å². The summed E-state index contributed by atoms with van der Waals surface area (Å²) in [5.74, 6) is 3.99. The van der Waals surface area contributed by atoms with Crippen molar-refractivity contribution >= 4 is 53.5 Å². The zero-order valence-electron chi connectivity index (χ0n) is 25.7.